The smallest absolute Gasteiger partial charge is 0.335 e. The summed E-state index contributed by atoms with van der Waals surface area (Å²) < 4.78 is 10.5. The molecule has 34 heavy (non-hydrogen) atoms. The Bertz CT molecular complexity index is 1000. The summed E-state index contributed by atoms with van der Waals surface area (Å²) >= 11 is 0. The van der Waals surface area contributed by atoms with E-state index in [9.17, 15) is 30.0 Å². The quantitative estimate of drug-likeness (QED) is 0.485. The third-order valence-electron chi connectivity index (χ3n) is 10.3. The third kappa shape index (κ3) is 3.11. The molecule has 0 amide bonds. The van der Waals surface area contributed by atoms with Crippen molar-refractivity contribution in [2.45, 2.75) is 94.5 Å². The van der Waals surface area contributed by atoms with E-state index in [1.807, 2.05) is 6.92 Å². The van der Waals surface area contributed by atoms with Crippen LogP contribution in [0, 0.1) is 22.7 Å². The van der Waals surface area contributed by atoms with Gasteiger partial charge in [-0.2, -0.15) is 0 Å². The highest BCUT2D eigenvalue weighted by Gasteiger charge is 2.72. The number of fused-ring (bicyclic) bond motifs is 5. The Hall–Kier alpha value is -1.74. The monoisotopic (exact) mass is 476 g/mol. The first-order chi connectivity index (χ1) is 16.0. The SMILES string of the molecule is CC(=O)O[C@H]1CC[C@]2(CO)[C@H]3CC[C@]4(C)[C@@H](c5ccc(=O)oc5)[C@@H](O)C[C@]4(O)[C@@H]3CC[C@]2(O)C1. The van der Waals surface area contributed by atoms with Crippen LogP contribution in [-0.2, 0) is 9.53 Å². The number of aliphatic hydroxyl groups excluding tert-OH is 2. The van der Waals surface area contributed by atoms with Crippen molar-refractivity contribution in [3.8, 4) is 0 Å². The minimum atomic E-state index is -1.19. The molecule has 1 aromatic heterocycles. The van der Waals surface area contributed by atoms with Crippen LogP contribution in [0.25, 0.3) is 0 Å². The van der Waals surface area contributed by atoms with Gasteiger partial charge < -0.3 is 29.6 Å². The normalized spacial score (nSPS) is 47.9. The van der Waals surface area contributed by atoms with E-state index in [4.69, 9.17) is 9.15 Å². The highest BCUT2D eigenvalue weighted by atomic mass is 16.5. The summed E-state index contributed by atoms with van der Waals surface area (Å²) in [5.74, 6) is -1.07. The van der Waals surface area contributed by atoms with Crippen molar-refractivity contribution >= 4 is 5.97 Å². The van der Waals surface area contributed by atoms with E-state index in [0.29, 0.717) is 50.5 Å². The summed E-state index contributed by atoms with van der Waals surface area (Å²) in [6, 6.07) is 3.02. The average Bonchev–Trinajstić information content (AvgIpc) is 2.98. The molecule has 0 bridgehead atoms. The van der Waals surface area contributed by atoms with E-state index < -0.39 is 33.8 Å². The van der Waals surface area contributed by atoms with Gasteiger partial charge in [0, 0.05) is 42.6 Å². The molecule has 9 atom stereocenters. The van der Waals surface area contributed by atoms with Crippen molar-refractivity contribution in [2.75, 3.05) is 6.61 Å². The lowest BCUT2D eigenvalue weighted by molar-refractivity contribution is -0.269. The van der Waals surface area contributed by atoms with Crippen LogP contribution >= 0.6 is 0 Å². The summed E-state index contributed by atoms with van der Waals surface area (Å²) in [6.07, 6.45) is 4.05. The Morgan fingerprint density at radius 3 is 2.50 bits per heavy atom. The minimum Gasteiger partial charge on any atom is -0.462 e. The van der Waals surface area contributed by atoms with Gasteiger partial charge in [0.15, 0.2) is 0 Å². The van der Waals surface area contributed by atoms with Gasteiger partial charge in [-0.1, -0.05) is 6.92 Å². The molecule has 1 aromatic rings. The molecule has 0 spiro atoms. The van der Waals surface area contributed by atoms with E-state index in [-0.39, 0.29) is 42.9 Å². The standard InChI is InChI=1S/C26H36O8/c1-15(28)34-17-5-9-24(14-27)18-6-8-23(2)22(16-3-4-21(30)33-13-16)20(29)12-26(23,32)19(18)7-10-25(24,31)11-17/h3-4,13,17-20,22,27,29,31-32H,5-12,14H2,1-2H3/t17-,18-,19+,20-,22-,23+,24-,25-,26-/m0/s1. The van der Waals surface area contributed by atoms with Crippen molar-refractivity contribution in [2.24, 2.45) is 22.7 Å². The van der Waals surface area contributed by atoms with Gasteiger partial charge >= 0.3 is 11.6 Å². The maximum Gasteiger partial charge on any atom is 0.335 e. The number of rotatable bonds is 3. The largest absolute Gasteiger partial charge is 0.462 e. The number of hydrogen-bond donors (Lipinski definition) is 4. The Balaban J connectivity index is 1.50. The molecule has 0 saturated heterocycles. The van der Waals surface area contributed by atoms with Gasteiger partial charge in [-0.05, 0) is 62.0 Å². The van der Waals surface area contributed by atoms with Crippen LogP contribution in [0.3, 0.4) is 0 Å². The van der Waals surface area contributed by atoms with Gasteiger partial charge in [-0.15, -0.1) is 0 Å². The molecule has 0 aromatic carbocycles. The first-order valence-corrected chi connectivity index (χ1v) is 12.5. The Morgan fingerprint density at radius 1 is 1.12 bits per heavy atom. The summed E-state index contributed by atoms with van der Waals surface area (Å²) in [5.41, 5.74) is -3.55. The lowest BCUT2D eigenvalue weighted by Gasteiger charge is -2.66. The lowest BCUT2D eigenvalue weighted by Crippen LogP contribution is -2.69. The molecule has 0 unspecified atom stereocenters. The average molecular weight is 477 g/mol. The van der Waals surface area contributed by atoms with Crippen LogP contribution in [0.15, 0.2) is 27.6 Å². The number of esters is 1. The van der Waals surface area contributed by atoms with Gasteiger partial charge in [-0.25, -0.2) is 4.79 Å². The van der Waals surface area contributed by atoms with Gasteiger partial charge in [0.05, 0.1) is 30.2 Å². The van der Waals surface area contributed by atoms with E-state index in [2.05, 4.69) is 0 Å². The molecule has 5 rings (SSSR count). The first kappa shape index (κ1) is 24.0. The van der Waals surface area contributed by atoms with E-state index in [1.54, 1.807) is 6.07 Å². The minimum absolute atomic E-state index is 0.118. The highest BCUT2D eigenvalue weighted by Crippen LogP contribution is 2.71. The molecular weight excluding hydrogens is 440 g/mol. The zero-order chi connectivity index (χ0) is 24.5. The van der Waals surface area contributed by atoms with Gasteiger partial charge in [-0.3, -0.25) is 4.79 Å². The summed E-state index contributed by atoms with van der Waals surface area (Å²) in [4.78, 5) is 23.0. The van der Waals surface area contributed by atoms with Crippen molar-refractivity contribution in [1.82, 2.24) is 0 Å². The molecule has 4 aliphatic rings. The number of hydrogen-bond acceptors (Lipinski definition) is 8. The maximum absolute atomic E-state index is 12.3. The third-order valence-corrected chi connectivity index (χ3v) is 10.3. The summed E-state index contributed by atoms with van der Waals surface area (Å²) in [5, 5.41) is 46.0. The Labute approximate surface area is 198 Å². The topological polar surface area (TPSA) is 137 Å². The van der Waals surface area contributed by atoms with Crippen LogP contribution in [0.2, 0.25) is 0 Å². The van der Waals surface area contributed by atoms with E-state index >= 15 is 0 Å². The first-order valence-electron chi connectivity index (χ1n) is 12.5. The fourth-order valence-corrected chi connectivity index (χ4v) is 8.83. The second-order valence-corrected chi connectivity index (χ2v) is 11.6. The molecule has 4 saturated carbocycles. The number of carbonyl (C=O) groups excluding carboxylic acids is 1. The van der Waals surface area contributed by atoms with Gasteiger partial charge in [0.25, 0.3) is 0 Å². The molecule has 1 heterocycles. The van der Waals surface area contributed by atoms with Crippen LogP contribution < -0.4 is 5.63 Å². The molecule has 4 fully saturated rings. The lowest BCUT2D eigenvalue weighted by atomic mass is 9.41. The highest BCUT2D eigenvalue weighted by molar-refractivity contribution is 5.66. The number of ether oxygens (including phenoxy) is 1. The van der Waals surface area contributed by atoms with Gasteiger partial charge in [0.1, 0.15) is 6.10 Å². The van der Waals surface area contributed by atoms with Crippen LogP contribution in [-0.4, -0.2) is 56.4 Å². The van der Waals surface area contributed by atoms with Crippen molar-refractivity contribution in [3.63, 3.8) is 0 Å². The number of aliphatic hydroxyl groups is 4. The fraction of sp³-hybridized carbons (Fsp3) is 0.769. The summed E-state index contributed by atoms with van der Waals surface area (Å²) in [7, 11) is 0. The van der Waals surface area contributed by atoms with Crippen LogP contribution in [0.1, 0.15) is 76.7 Å². The van der Waals surface area contributed by atoms with Crippen molar-refractivity contribution in [3.05, 3.63) is 34.4 Å². The molecule has 0 radical (unpaired) electrons. The predicted octanol–water partition coefficient (Wildman–Crippen LogP) is 1.87. The Kier molecular flexibility index (Phi) is 5.56. The van der Waals surface area contributed by atoms with Gasteiger partial charge in [0.2, 0.25) is 0 Å². The predicted molar refractivity (Wildman–Crippen MR) is 121 cm³/mol. The Morgan fingerprint density at radius 2 is 1.85 bits per heavy atom. The van der Waals surface area contributed by atoms with Crippen LogP contribution in [0.4, 0.5) is 0 Å². The fourth-order valence-electron chi connectivity index (χ4n) is 8.83. The molecule has 4 aliphatic carbocycles. The van der Waals surface area contributed by atoms with Crippen LogP contribution in [0.5, 0.6) is 0 Å². The molecule has 8 nitrogen and oxygen atoms in total. The van der Waals surface area contributed by atoms with Crippen molar-refractivity contribution in [1.29, 1.82) is 0 Å². The van der Waals surface area contributed by atoms with E-state index in [1.165, 1.54) is 19.3 Å². The molecule has 188 valence electrons. The molecule has 0 aliphatic heterocycles. The van der Waals surface area contributed by atoms with E-state index in [0.717, 1.165) is 0 Å². The van der Waals surface area contributed by atoms with Crippen molar-refractivity contribution < 1.29 is 34.4 Å². The second-order valence-electron chi connectivity index (χ2n) is 11.6. The second kappa shape index (κ2) is 7.88. The maximum atomic E-state index is 12.3. The summed E-state index contributed by atoms with van der Waals surface area (Å²) in [6.45, 7) is 3.19. The number of carbonyl (C=O) groups is 1. The molecule has 8 heteroatoms. The molecular formula is C26H36O8. The molecule has 4 N–H and O–H groups in total. The zero-order valence-corrected chi connectivity index (χ0v) is 19.9. The zero-order valence-electron chi connectivity index (χ0n) is 19.9.